The van der Waals surface area contributed by atoms with Gasteiger partial charge in [0.2, 0.25) is 0 Å². The number of nitrogens with one attached hydrogen (secondary N) is 2. The predicted octanol–water partition coefficient (Wildman–Crippen LogP) is 2.45. The van der Waals surface area contributed by atoms with Gasteiger partial charge in [-0.2, -0.15) is 0 Å². The number of rotatable bonds is 8. The Morgan fingerprint density at radius 3 is 2.34 bits per heavy atom. The lowest BCUT2D eigenvalue weighted by atomic mass is 10.0. The molecule has 156 valence electrons. The van der Waals surface area contributed by atoms with Crippen molar-refractivity contribution in [2.24, 2.45) is 0 Å². The number of piperazine rings is 1. The van der Waals surface area contributed by atoms with E-state index < -0.39 is 0 Å². The van der Waals surface area contributed by atoms with Gasteiger partial charge in [-0.25, -0.2) is 0 Å². The molecule has 1 amide bonds. The molecule has 0 saturated carbocycles. The highest BCUT2D eigenvalue weighted by Crippen LogP contribution is 2.20. The summed E-state index contributed by atoms with van der Waals surface area (Å²) in [4.78, 5) is 16.7. The molecule has 3 rings (SSSR count). The van der Waals surface area contributed by atoms with Gasteiger partial charge in [0.05, 0.1) is 39.3 Å². The smallest absolute Gasteiger partial charge is 0.278 e. The molecule has 2 aromatic rings. The fourth-order valence-corrected chi connectivity index (χ4v) is 4.06. The molecule has 1 aliphatic rings. The minimum atomic E-state index is -0.0453. The fraction of sp³-hybridized carbons (Fsp3) is 0.458. The third-order valence-corrected chi connectivity index (χ3v) is 5.94. The maximum atomic E-state index is 13.0. The normalized spacial score (nSPS) is 16.9. The number of hydrogen-bond acceptors (Lipinski definition) is 3. The molecule has 1 heterocycles. The van der Waals surface area contributed by atoms with Gasteiger partial charge in [0.15, 0.2) is 6.04 Å². The van der Waals surface area contributed by atoms with Crippen LogP contribution in [0.15, 0.2) is 54.6 Å². The molecule has 2 aromatic carbocycles. The number of ether oxygens (including phenoxy) is 1. The van der Waals surface area contributed by atoms with Crippen molar-refractivity contribution in [2.75, 3.05) is 38.2 Å². The SMILES string of the molecule is CCC[C@@H](NC(=O)[C@H](C)[NH+]1CCN(c2ccc(OC)cc2)CC1)c1ccccc1. The topological polar surface area (TPSA) is 46.0 Å². The number of amides is 1. The number of hydrogen-bond donors (Lipinski definition) is 2. The molecule has 29 heavy (non-hydrogen) atoms. The molecular formula is C24H34N3O2+. The van der Waals surface area contributed by atoms with Crippen LogP contribution in [0.1, 0.15) is 38.3 Å². The van der Waals surface area contributed by atoms with E-state index in [0.29, 0.717) is 0 Å². The van der Waals surface area contributed by atoms with Gasteiger partial charge in [0.1, 0.15) is 5.75 Å². The summed E-state index contributed by atoms with van der Waals surface area (Å²) in [5.41, 5.74) is 2.41. The van der Waals surface area contributed by atoms with Crippen LogP contribution in [0.2, 0.25) is 0 Å². The van der Waals surface area contributed by atoms with E-state index in [1.54, 1.807) is 7.11 Å². The maximum Gasteiger partial charge on any atom is 0.278 e. The van der Waals surface area contributed by atoms with Gasteiger partial charge in [-0.05, 0) is 43.2 Å². The van der Waals surface area contributed by atoms with Crippen LogP contribution in [0.25, 0.3) is 0 Å². The number of quaternary nitrogens is 1. The second kappa shape index (κ2) is 10.3. The predicted molar refractivity (Wildman–Crippen MR) is 118 cm³/mol. The van der Waals surface area contributed by atoms with Crippen LogP contribution in [0.3, 0.4) is 0 Å². The third-order valence-electron chi connectivity index (χ3n) is 5.94. The zero-order chi connectivity index (χ0) is 20.6. The zero-order valence-electron chi connectivity index (χ0n) is 17.9. The van der Waals surface area contributed by atoms with Gasteiger partial charge in [-0.15, -0.1) is 0 Å². The van der Waals surface area contributed by atoms with Crippen LogP contribution in [-0.2, 0) is 4.79 Å². The molecule has 1 fully saturated rings. The Labute approximate surface area is 174 Å². The molecule has 0 radical (unpaired) electrons. The Hall–Kier alpha value is -2.53. The van der Waals surface area contributed by atoms with Crippen LogP contribution in [0, 0.1) is 0 Å². The summed E-state index contributed by atoms with van der Waals surface area (Å²) >= 11 is 0. The summed E-state index contributed by atoms with van der Waals surface area (Å²) in [6.07, 6.45) is 2.00. The van der Waals surface area contributed by atoms with Gasteiger partial charge in [0.25, 0.3) is 5.91 Å². The van der Waals surface area contributed by atoms with Crippen LogP contribution in [0.5, 0.6) is 5.75 Å². The van der Waals surface area contributed by atoms with E-state index in [9.17, 15) is 4.79 Å². The first-order chi connectivity index (χ1) is 14.1. The molecule has 1 saturated heterocycles. The molecule has 0 aliphatic carbocycles. The number of nitrogens with zero attached hydrogens (tertiary/aromatic N) is 1. The van der Waals surface area contributed by atoms with Crippen molar-refractivity contribution in [3.05, 3.63) is 60.2 Å². The third kappa shape index (κ3) is 5.51. The molecule has 5 nitrogen and oxygen atoms in total. The van der Waals surface area contributed by atoms with Crippen LogP contribution < -0.4 is 19.9 Å². The van der Waals surface area contributed by atoms with Crippen LogP contribution >= 0.6 is 0 Å². The lowest BCUT2D eigenvalue weighted by Crippen LogP contribution is -3.19. The second-order valence-corrected chi connectivity index (χ2v) is 7.83. The first-order valence-electron chi connectivity index (χ1n) is 10.7. The first-order valence-corrected chi connectivity index (χ1v) is 10.7. The first kappa shape index (κ1) is 21.2. The molecule has 2 N–H and O–H groups in total. The Morgan fingerprint density at radius 2 is 1.76 bits per heavy atom. The quantitative estimate of drug-likeness (QED) is 0.721. The minimum absolute atomic E-state index is 0.0453. The Balaban J connectivity index is 1.54. The molecular weight excluding hydrogens is 362 g/mol. The highest BCUT2D eigenvalue weighted by atomic mass is 16.5. The van der Waals surface area contributed by atoms with Gasteiger partial charge >= 0.3 is 0 Å². The fourth-order valence-electron chi connectivity index (χ4n) is 4.06. The largest absolute Gasteiger partial charge is 0.497 e. The van der Waals surface area contributed by atoms with Crippen LogP contribution in [0.4, 0.5) is 5.69 Å². The molecule has 0 unspecified atom stereocenters. The Morgan fingerprint density at radius 1 is 1.10 bits per heavy atom. The summed E-state index contributed by atoms with van der Waals surface area (Å²) in [7, 11) is 1.69. The van der Waals surface area contributed by atoms with Gasteiger partial charge in [-0.1, -0.05) is 43.7 Å². The minimum Gasteiger partial charge on any atom is -0.497 e. The van der Waals surface area contributed by atoms with Gasteiger partial charge in [0, 0.05) is 5.69 Å². The lowest BCUT2D eigenvalue weighted by Gasteiger charge is -2.36. The van der Waals surface area contributed by atoms with Crippen molar-refractivity contribution in [3.8, 4) is 5.75 Å². The summed E-state index contributed by atoms with van der Waals surface area (Å²) in [5, 5.41) is 3.30. The van der Waals surface area contributed by atoms with E-state index in [-0.39, 0.29) is 18.0 Å². The van der Waals surface area contributed by atoms with Crippen molar-refractivity contribution < 1.29 is 14.4 Å². The molecule has 1 aliphatic heterocycles. The average Bonchev–Trinajstić information content (AvgIpc) is 2.79. The Kier molecular flexibility index (Phi) is 7.53. The number of methoxy groups -OCH3 is 1. The number of benzene rings is 2. The monoisotopic (exact) mass is 396 g/mol. The molecule has 5 heteroatoms. The van der Waals surface area contributed by atoms with Crippen molar-refractivity contribution in [1.82, 2.24) is 5.32 Å². The summed E-state index contributed by atoms with van der Waals surface area (Å²) in [6.45, 7) is 8.05. The lowest BCUT2D eigenvalue weighted by molar-refractivity contribution is -0.914. The van der Waals surface area contributed by atoms with Gasteiger partial charge in [-0.3, -0.25) is 4.79 Å². The highest BCUT2D eigenvalue weighted by molar-refractivity contribution is 5.80. The number of anilines is 1. The van der Waals surface area contributed by atoms with Crippen molar-refractivity contribution in [3.63, 3.8) is 0 Å². The Bertz CT molecular complexity index is 755. The second-order valence-electron chi connectivity index (χ2n) is 7.83. The zero-order valence-corrected chi connectivity index (χ0v) is 17.9. The number of carbonyl (C=O) groups is 1. The van der Waals surface area contributed by atoms with E-state index in [2.05, 4.69) is 48.3 Å². The van der Waals surface area contributed by atoms with E-state index >= 15 is 0 Å². The van der Waals surface area contributed by atoms with E-state index in [1.165, 1.54) is 16.2 Å². The van der Waals surface area contributed by atoms with Crippen molar-refractivity contribution in [2.45, 2.75) is 38.8 Å². The molecule has 0 spiro atoms. The summed E-state index contributed by atoms with van der Waals surface area (Å²) < 4.78 is 5.25. The average molecular weight is 397 g/mol. The van der Waals surface area contributed by atoms with Crippen molar-refractivity contribution in [1.29, 1.82) is 0 Å². The summed E-state index contributed by atoms with van der Waals surface area (Å²) in [6, 6.07) is 18.6. The molecule has 2 atom stereocenters. The van der Waals surface area contributed by atoms with Crippen molar-refractivity contribution >= 4 is 11.6 Å². The summed E-state index contributed by atoms with van der Waals surface area (Å²) in [5.74, 6) is 1.03. The number of carbonyl (C=O) groups excluding carboxylic acids is 1. The molecule has 0 aromatic heterocycles. The van der Waals surface area contributed by atoms with Gasteiger partial charge < -0.3 is 19.9 Å². The van der Waals surface area contributed by atoms with Crippen LogP contribution in [-0.4, -0.2) is 45.2 Å². The maximum absolute atomic E-state index is 13.0. The highest BCUT2D eigenvalue weighted by Gasteiger charge is 2.30. The van der Waals surface area contributed by atoms with E-state index in [4.69, 9.17) is 4.74 Å². The van der Waals surface area contributed by atoms with E-state index in [0.717, 1.165) is 44.8 Å². The van der Waals surface area contributed by atoms with E-state index in [1.807, 2.05) is 30.3 Å². The molecule has 0 bridgehead atoms. The standard InChI is InChI=1S/C24H33N3O2/c1-4-8-23(20-9-6-5-7-10-20)25-24(28)19(2)26-15-17-27(18-16-26)21-11-13-22(29-3)14-12-21/h5-7,9-14,19,23H,4,8,15-18H2,1-3H3,(H,25,28)/p+1/t19-,23+/m0/s1.